The maximum absolute atomic E-state index is 12.1. The van der Waals surface area contributed by atoms with Crippen LogP contribution >= 0.6 is 0 Å². The monoisotopic (exact) mass is 235 g/mol. The van der Waals surface area contributed by atoms with E-state index in [9.17, 15) is 4.79 Å². The second kappa shape index (κ2) is 6.37. The first-order valence-corrected chi connectivity index (χ1v) is 5.85. The first kappa shape index (κ1) is 13.7. The highest BCUT2D eigenvalue weighted by Crippen LogP contribution is 2.13. The number of nitrogens with zero attached hydrogens (tertiary/aromatic N) is 1. The average Bonchev–Trinajstić information content (AvgIpc) is 2.35. The van der Waals surface area contributed by atoms with E-state index in [0.29, 0.717) is 12.5 Å². The van der Waals surface area contributed by atoms with Gasteiger partial charge < -0.3 is 16.4 Å². The van der Waals surface area contributed by atoms with Crippen molar-refractivity contribution in [2.75, 3.05) is 13.2 Å². The molecule has 0 heterocycles. The van der Waals surface area contributed by atoms with Gasteiger partial charge in [0.05, 0.1) is 6.67 Å². The molecule has 1 aromatic rings. The van der Waals surface area contributed by atoms with Crippen molar-refractivity contribution in [1.29, 1.82) is 0 Å². The third-order valence-electron chi connectivity index (χ3n) is 2.54. The first-order chi connectivity index (χ1) is 8.06. The molecule has 0 fully saturated rings. The fourth-order valence-corrected chi connectivity index (χ4v) is 1.69. The maximum Gasteiger partial charge on any atom is 0.245 e. The molecule has 0 saturated heterocycles. The summed E-state index contributed by atoms with van der Waals surface area (Å²) in [5.41, 5.74) is 12.4. The maximum atomic E-state index is 12.1. The molecule has 0 aliphatic rings. The van der Waals surface area contributed by atoms with Gasteiger partial charge in [0, 0.05) is 6.54 Å². The molecule has 4 nitrogen and oxygen atoms in total. The molecule has 4 N–H and O–H groups in total. The number of hydrogen-bond donors (Lipinski definition) is 2. The van der Waals surface area contributed by atoms with Gasteiger partial charge in [-0.3, -0.25) is 4.79 Å². The van der Waals surface area contributed by atoms with Gasteiger partial charge >= 0.3 is 0 Å². The summed E-state index contributed by atoms with van der Waals surface area (Å²) < 4.78 is 0. The average molecular weight is 235 g/mol. The lowest BCUT2D eigenvalue weighted by atomic mass is 10.1. The van der Waals surface area contributed by atoms with E-state index in [1.165, 1.54) is 0 Å². The van der Waals surface area contributed by atoms with Gasteiger partial charge in [0.1, 0.15) is 6.04 Å². The minimum atomic E-state index is -0.626. The molecule has 0 aliphatic carbocycles. The molecule has 0 spiro atoms. The molecule has 4 heteroatoms. The predicted molar refractivity (Wildman–Crippen MR) is 69.0 cm³/mol. The van der Waals surface area contributed by atoms with E-state index in [1.54, 1.807) is 4.90 Å². The molecule has 17 heavy (non-hydrogen) atoms. The zero-order valence-electron chi connectivity index (χ0n) is 10.5. The fraction of sp³-hybridized carbons (Fsp3) is 0.462. The number of hydrogen-bond acceptors (Lipinski definition) is 3. The third kappa shape index (κ3) is 3.84. The van der Waals surface area contributed by atoms with Crippen LogP contribution < -0.4 is 11.5 Å². The molecule has 1 atom stereocenters. The van der Waals surface area contributed by atoms with Crippen LogP contribution in [0.25, 0.3) is 0 Å². The van der Waals surface area contributed by atoms with Crippen molar-refractivity contribution in [1.82, 2.24) is 4.90 Å². The SMILES string of the molecule is CC(C)CN(CN)C(=O)C(N)c1ccccc1. The molecule has 0 bridgehead atoms. The zero-order valence-corrected chi connectivity index (χ0v) is 10.5. The highest BCUT2D eigenvalue weighted by molar-refractivity contribution is 5.83. The molecule has 0 saturated carbocycles. The van der Waals surface area contributed by atoms with Crippen molar-refractivity contribution in [3.63, 3.8) is 0 Å². The van der Waals surface area contributed by atoms with Crippen molar-refractivity contribution in [2.24, 2.45) is 17.4 Å². The summed E-state index contributed by atoms with van der Waals surface area (Å²) in [6.45, 7) is 4.93. The van der Waals surface area contributed by atoms with Crippen LogP contribution in [0.4, 0.5) is 0 Å². The van der Waals surface area contributed by atoms with Crippen molar-refractivity contribution < 1.29 is 4.79 Å². The molecule has 0 aromatic heterocycles. The Bertz CT molecular complexity index is 351. The molecular formula is C13H21N3O. The highest BCUT2D eigenvalue weighted by Gasteiger charge is 2.21. The van der Waals surface area contributed by atoms with E-state index in [1.807, 2.05) is 44.2 Å². The molecule has 1 rings (SSSR count). The minimum absolute atomic E-state index is 0.118. The highest BCUT2D eigenvalue weighted by atomic mass is 16.2. The Morgan fingerprint density at radius 3 is 2.35 bits per heavy atom. The van der Waals surface area contributed by atoms with Crippen LogP contribution in [0.15, 0.2) is 30.3 Å². The number of carbonyl (C=O) groups excluding carboxylic acids is 1. The predicted octanol–water partition coefficient (Wildman–Crippen LogP) is 1.09. The van der Waals surface area contributed by atoms with Gasteiger partial charge in [0.25, 0.3) is 0 Å². The van der Waals surface area contributed by atoms with Gasteiger partial charge in [-0.25, -0.2) is 0 Å². The minimum Gasteiger partial charge on any atom is -0.328 e. The number of nitrogens with two attached hydrogens (primary N) is 2. The van der Waals surface area contributed by atoms with Crippen LogP contribution in [0, 0.1) is 5.92 Å². The van der Waals surface area contributed by atoms with Crippen LogP contribution in [-0.2, 0) is 4.79 Å². The molecule has 1 amide bonds. The number of rotatable bonds is 5. The van der Waals surface area contributed by atoms with Gasteiger partial charge in [-0.05, 0) is 11.5 Å². The molecule has 0 radical (unpaired) electrons. The van der Waals surface area contributed by atoms with Crippen molar-refractivity contribution in [3.8, 4) is 0 Å². The van der Waals surface area contributed by atoms with Crippen LogP contribution in [0.1, 0.15) is 25.5 Å². The molecule has 94 valence electrons. The lowest BCUT2D eigenvalue weighted by Crippen LogP contribution is -2.43. The topological polar surface area (TPSA) is 72.3 Å². The quantitative estimate of drug-likeness (QED) is 0.750. The first-order valence-electron chi connectivity index (χ1n) is 5.85. The number of carbonyl (C=O) groups is 1. The smallest absolute Gasteiger partial charge is 0.245 e. The Morgan fingerprint density at radius 1 is 1.29 bits per heavy atom. The second-order valence-electron chi connectivity index (χ2n) is 4.53. The summed E-state index contributed by atoms with van der Waals surface area (Å²) in [5.74, 6) is 0.262. The Morgan fingerprint density at radius 2 is 1.88 bits per heavy atom. The van der Waals surface area contributed by atoms with Crippen LogP contribution in [-0.4, -0.2) is 24.0 Å². The van der Waals surface area contributed by atoms with Crippen molar-refractivity contribution in [3.05, 3.63) is 35.9 Å². The summed E-state index contributed by atoms with van der Waals surface area (Å²) in [4.78, 5) is 13.7. The Hall–Kier alpha value is -1.39. The van der Waals surface area contributed by atoms with Gasteiger partial charge in [-0.15, -0.1) is 0 Å². The lowest BCUT2D eigenvalue weighted by molar-refractivity contribution is -0.133. The third-order valence-corrected chi connectivity index (χ3v) is 2.54. The fourth-order valence-electron chi connectivity index (χ4n) is 1.69. The summed E-state index contributed by atoms with van der Waals surface area (Å²) in [5, 5.41) is 0. The molecule has 1 aromatic carbocycles. The van der Waals surface area contributed by atoms with Crippen LogP contribution in [0.2, 0.25) is 0 Å². The van der Waals surface area contributed by atoms with E-state index in [-0.39, 0.29) is 12.6 Å². The van der Waals surface area contributed by atoms with E-state index in [0.717, 1.165) is 5.56 Å². The van der Waals surface area contributed by atoms with Gasteiger partial charge in [0.15, 0.2) is 0 Å². The summed E-state index contributed by atoms with van der Waals surface area (Å²) in [6, 6.07) is 8.72. The molecular weight excluding hydrogens is 214 g/mol. The van der Waals surface area contributed by atoms with Crippen LogP contribution in [0.5, 0.6) is 0 Å². The molecule has 0 aliphatic heterocycles. The van der Waals surface area contributed by atoms with E-state index in [2.05, 4.69) is 0 Å². The Kier molecular flexibility index (Phi) is 5.12. The normalized spacial score (nSPS) is 12.5. The summed E-state index contributed by atoms with van der Waals surface area (Å²) >= 11 is 0. The Labute approximate surface area is 103 Å². The number of benzene rings is 1. The largest absolute Gasteiger partial charge is 0.328 e. The van der Waals surface area contributed by atoms with E-state index < -0.39 is 6.04 Å². The molecule has 1 unspecified atom stereocenters. The summed E-state index contributed by atoms with van der Waals surface area (Å²) in [6.07, 6.45) is 0. The van der Waals surface area contributed by atoms with Gasteiger partial charge in [0.2, 0.25) is 5.91 Å². The Balaban J connectivity index is 2.74. The van der Waals surface area contributed by atoms with E-state index in [4.69, 9.17) is 11.5 Å². The number of amides is 1. The van der Waals surface area contributed by atoms with Crippen molar-refractivity contribution >= 4 is 5.91 Å². The van der Waals surface area contributed by atoms with Crippen LogP contribution in [0.3, 0.4) is 0 Å². The standard InChI is InChI=1S/C13H21N3O/c1-10(2)8-16(9-14)13(17)12(15)11-6-4-3-5-7-11/h3-7,10,12H,8-9,14-15H2,1-2H3. The summed E-state index contributed by atoms with van der Waals surface area (Å²) in [7, 11) is 0. The van der Waals surface area contributed by atoms with Crippen molar-refractivity contribution in [2.45, 2.75) is 19.9 Å². The van der Waals surface area contributed by atoms with E-state index >= 15 is 0 Å². The van der Waals surface area contributed by atoms with Gasteiger partial charge in [-0.1, -0.05) is 44.2 Å². The lowest BCUT2D eigenvalue weighted by Gasteiger charge is -2.25. The van der Waals surface area contributed by atoms with Gasteiger partial charge in [-0.2, -0.15) is 0 Å². The zero-order chi connectivity index (χ0) is 12.8. The second-order valence-corrected chi connectivity index (χ2v) is 4.53.